The van der Waals surface area contributed by atoms with Crippen molar-refractivity contribution >= 4 is 0 Å². The third-order valence-electron chi connectivity index (χ3n) is 5.92. The van der Waals surface area contributed by atoms with E-state index in [4.69, 9.17) is 0 Å². The summed E-state index contributed by atoms with van der Waals surface area (Å²) in [7, 11) is 0. The number of allylic oxidation sites excluding steroid dienone is 4. The van der Waals surface area contributed by atoms with Crippen molar-refractivity contribution in [2.45, 2.75) is 90.9 Å². The maximum absolute atomic E-state index is 2.59. The Balaban J connectivity index is 1.60. The Morgan fingerprint density at radius 2 is 1.18 bits per heavy atom. The third kappa shape index (κ3) is 6.71. The van der Waals surface area contributed by atoms with Crippen molar-refractivity contribution in [1.29, 1.82) is 0 Å². The van der Waals surface area contributed by atoms with Crippen LogP contribution in [0.3, 0.4) is 0 Å². The highest BCUT2D eigenvalue weighted by atomic mass is 14.2. The van der Waals surface area contributed by atoms with Gasteiger partial charge in [0.15, 0.2) is 0 Å². The van der Waals surface area contributed by atoms with Crippen LogP contribution in [-0.2, 0) is 0 Å². The average Bonchev–Trinajstić information content (AvgIpc) is 2.55. The van der Waals surface area contributed by atoms with Crippen LogP contribution in [0.2, 0.25) is 0 Å². The zero-order chi connectivity index (χ0) is 15.6. The van der Waals surface area contributed by atoms with Crippen LogP contribution < -0.4 is 0 Å². The first kappa shape index (κ1) is 17.8. The molecule has 0 spiro atoms. The molecule has 2 aliphatic carbocycles. The second-order valence-corrected chi connectivity index (χ2v) is 8.00. The normalized spacial score (nSPS) is 33.7. The molecule has 0 N–H and O–H groups in total. The molecule has 0 aromatic carbocycles. The van der Waals surface area contributed by atoms with Crippen molar-refractivity contribution in [3.63, 3.8) is 0 Å². The molecule has 22 heavy (non-hydrogen) atoms. The summed E-state index contributed by atoms with van der Waals surface area (Å²) in [4.78, 5) is 0. The molecular weight excluding hydrogens is 264 g/mol. The Labute approximate surface area is 139 Å². The van der Waals surface area contributed by atoms with Gasteiger partial charge in [-0.05, 0) is 75.0 Å². The van der Waals surface area contributed by atoms with E-state index in [2.05, 4.69) is 38.2 Å². The lowest BCUT2D eigenvalue weighted by molar-refractivity contribution is 0.325. The van der Waals surface area contributed by atoms with Gasteiger partial charge in [0, 0.05) is 0 Å². The highest BCUT2D eigenvalue weighted by molar-refractivity contribution is 4.98. The van der Waals surface area contributed by atoms with Crippen LogP contribution in [0.1, 0.15) is 90.9 Å². The minimum Gasteiger partial charge on any atom is -0.0883 e. The summed E-state index contributed by atoms with van der Waals surface area (Å²) >= 11 is 0. The molecule has 0 aromatic rings. The Kier molecular flexibility index (Phi) is 8.34. The third-order valence-corrected chi connectivity index (χ3v) is 5.92. The van der Waals surface area contributed by atoms with Crippen LogP contribution in [0.15, 0.2) is 24.3 Å². The number of hydrogen-bond donors (Lipinski definition) is 0. The first-order valence-corrected chi connectivity index (χ1v) is 10.1. The van der Waals surface area contributed by atoms with Crippen LogP contribution in [0, 0.1) is 23.7 Å². The van der Waals surface area contributed by atoms with E-state index in [-0.39, 0.29) is 0 Å². The van der Waals surface area contributed by atoms with E-state index in [9.17, 15) is 0 Å². The summed E-state index contributed by atoms with van der Waals surface area (Å²) in [5.74, 6) is 3.63. The molecule has 0 aliphatic heterocycles. The van der Waals surface area contributed by atoms with E-state index < -0.39 is 0 Å². The lowest BCUT2D eigenvalue weighted by atomic mass is 9.79. The van der Waals surface area contributed by atoms with E-state index in [1.54, 1.807) is 0 Å². The van der Waals surface area contributed by atoms with Gasteiger partial charge in [-0.3, -0.25) is 0 Å². The largest absolute Gasteiger partial charge is 0.0883 e. The minimum atomic E-state index is 0.877. The highest BCUT2D eigenvalue weighted by Gasteiger charge is 2.19. The first-order chi connectivity index (χ1) is 10.8. The van der Waals surface area contributed by atoms with Gasteiger partial charge in [-0.2, -0.15) is 0 Å². The van der Waals surface area contributed by atoms with Gasteiger partial charge >= 0.3 is 0 Å². The SMILES string of the molecule is CCCCC/C=C/C1CCC(/C=C/C2CCC(C)CC2)CC1. The molecule has 0 amide bonds. The molecule has 0 radical (unpaired) electrons. The van der Waals surface area contributed by atoms with Crippen molar-refractivity contribution in [2.75, 3.05) is 0 Å². The van der Waals surface area contributed by atoms with Crippen LogP contribution >= 0.6 is 0 Å². The van der Waals surface area contributed by atoms with Gasteiger partial charge < -0.3 is 0 Å². The van der Waals surface area contributed by atoms with Gasteiger partial charge in [-0.25, -0.2) is 0 Å². The van der Waals surface area contributed by atoms with Crippen molar-refractivity contribution < 1.29 is 0 Å². The fourth-order valence-electron chi connectivity index (χ4n) is 4.12. The molecule has 0 bridgehead atoms. The molecule has 2 rings (SSSR count). The van der Waals surface area contributed by atoms with E-state index in [0.29, 0.717) is 0 Å². The van der Waals surface area contributed by atoms with Crippen molar-refractivity contribution in [3.05, 3.63) is 24.3 Å². The maximum atomic E-state index is 2.59. The van der Waals surface area contributed by atoms with Crippen LogP contribution in [0.4, 0.5) is 0 Å². The molecule has 0 heterocycles. The second kappa shape index (κ2) is 10.3. The smallest absolute Gasteiger partial charge is 0.0233 e. The molecule has 0 saturated heterocycles. The summed E-state index contributed by atoms with van der Waals surface area (Å²) in [5.41, 5.74) is 0. The van der Waals surface area contributed by atoms with Crippen LogP contribution in [0.5, 0.6) is 0 Å². The minimum absolute atomic E-state index is 0.877. The zero-order valence-corrected chi connectivity index (χ0v) is 15.1. The number of rotatable bonds is 7. The standard InChI is InChI=1S/C22H38/c1-3-4-5-6-7-8-20-13-15-22(16-14-20)18-17-21-11-9-19(2)10-12-21/h7-8,17-22H,3-6,9-16H2,1-2H3/b8-7+,18-17+. The predicted octanol–water partition coefficient (Wildman–Crippen LogP) is 7.31. The maximum Gasteiger partial charge on any atom is -0.0233 e. The molecule has 126 valence electrons. The lowest BCUT2D eigenvalue weighted by Gasteiger charge is -2.26. The molecule has 0 aromatic heterocycles. The Morgan fingerprint density at radius 3 is 1.73 bits per heavy atom. The summed E-state index contributed by atoms with van der Waals surface area (Å²) in [6.07, 6.45) is 27.0. The first-order valence-electron chi connectivity index (χ1n) is 10.1. The van der Waals surface area contributed by atoms with E-state index in [1.807, 2.05) is 0 Å². The molecular formula is C22H38. The van der Waals surface area contributed by atoms with Crippen molar-refractivity contribution in [1.82, 2.24) is 0 Å². The second-order valence-electron chi connectivity index (χ2n) is 8.00. The zero-order valence-electron chi connectivity index (χ0n) is 15.1. The Hall–Kier alpha value is -0.520. The summed E-state index contributed by atoms with van der Waals surface area (Å²) in [5, 5.41) is 0. The summed E-state index contributed by atoms with van der Waals surface area (Å²) < 4.78 is 0. The van der Waals surface area contributed by atoms with Crippen LogP contribution in [-0.4, -0.2) is 0 Å². The molecule has 0 unspecified atom stereocenters. The Morgan fingerprint density at radius 1 is 0.682 bits per heavy atom. The molecule has 0 nitrogen and oxygen atoms in total. The van der Waals surface area contributed by atoms with E-state index >= 15 is 0 Å². The van der Waals surface area contributed by atoms with Crippen molar-refractivity contribution in [2.24, 2.45) is 23.7 Å². The van der Waals surface area contributed by atoms with E-state index in [0.717, 1.165) is 23.7 Å². The predicted molar refractivity (Wildman–Crippen MR) is 99.0 cm³/mol. The fourth-order valence-corrected chi connectivity index (χ4v) is 4.12. The van der Waals surface area contributed by atoms with Gasteiger partial charge in [-0.1, -0.05) is 63.8 Å². The number of hydrogen-bond acceptors (Lipinski definition) is 0. The van der Waals surface area contributed by atoms with Gasteiger partial charge in [0.1, 0.15) is 0 Å². The van der Waals surface area contributed by atoms with Gasteiger partial charge in [0.05, 0.1) is 0 Å². The number of unbranched alkanes of at least 4 members (excludes halogenated alkanes) is 3. The fraction of sp³-hybridized carbons (Fsp3) is 0.818. The summed E-state index contributed by atoms with van der Waals surface area (Å²) in [6, 6.07) is 0. The van der Waals surface area contributed by atoms with Gasteiger partial charge in [0.2, 0.25) is 0 Å². The van der Waals surface area contributed by atoms with Crippen LogP contribution in [0.25, 0.3) is 0 Å². The topological polar surface area (TPSA) is 0 Å². The van der Waals surface area contributed by atoms with Gasteiger partial charge in [0.25, 0.3) is 0 Å². The van der Waals surface area contributed by atoms with E-state index in [1.165, 1.54) is 77.0 Å². The molecule has 0 heteroatoms. The molecule has 0 atom stereocenters. The van der Waals surface area contributed by atoms with Gasteiger partial charge in [-0.15, -0.1) is 0 Å². The molecule has 2 saturated carbocycles. The highest BCUT2D eigenvalue weighted by Crippen LogP contribution is 2.33. The Bertz CT molecular complexity index is 322. The molecule has 2 aliphatic rings. The monoisotopic (exact) mass is 302 g/mol. The molecule has 2 fully saturated rings. The quantitative estimate of drug-likeness (QED) is 0.341. The van der Waals surface area contributed by atoms with Crippen molar-refractivity contribution in [3.8, 4) is 0 Å². The summed E-state index contributed by atoms with van der Waals surface area (Å²) in [6.45, 7) is 4.70. The average molecular weight is 303 g/mol. The lowest BCUT2D eigenvalue weighted by Crippen LogP contribution is -2.13.